The Morgan fingerprint density at radius 1 is 1.29 bits per heavy atom. The SMILES string of the molecule is CCCOc1ccc(Br)cc1C(=O)NC(=S)Nc1cccc(F)c1. The molecule has 0 saturated heterocycles. The van der Waals surface area contributed by atoms with Crippen LogP contribution in [0.1, 0.15) is 23.7 Å². The van der Waals surface area contributed by atoms with Crippen LogP contribution in [0, 0.1) is 5.82 Å². The molecule has 0 aromatic heterocycles. The molecule has 24 heavy (non-hydrogen) atoms. The predicted octanol–water partition coefficient (Wildman–Crippen LogP) is 4.50. The first-order chi connectivity index (χ1) is 11.5. The maximum Gasteiger partial charge on any atom is 0.261 e. The molecule has 1 amide bonds. The summed E-state index contributed by atoms with van der Waals surface area (Å²) >= 11 is 8.44. The van der Waals surface area contributed by atoms with Gasteiger partial charge in [-0.15, -0.1) is 0 Å². The van der Waals surface area contributed by atoms with Gasteiger partial charge in [-0.25, -0.2) is 4.39 Å². The highest BCUT2D eigenvalue weighted by Gasteiger charge is 2.15. The summed E-state index contributed by atoms with van der Waals surface area (Å²) in [4.78, 5) is 12.4. The van der Waals surface area contributed by atoms with Gasteiger partial charge in [0.15, 0.2) is 5.11 Å². The lowest BCUT2D eigenvalue weighted by atomic mass is 10.2. The minimum absolute atomic E-state index is 0.0759. The van der Waals surface area contributed by atoms with Crippen LogP contribution in [0.5, 0.6) is 5.75 Å². The molecule has 2 aromatic rings. The van der Waals surface area contributed by atoms with Crippen molar-refractivity contribution < 1.29 is 13.9 Å². The number of nitrogens with one attached hydrogen (secondary N) is 2. The van der Waals surface area contributed by atoms with E-state index in [0.717, 1.165) is 10.9 Å². The summed E-state index contributed by atoms with van der Waals surface area (Å²) in [6.07, 6.45) is 0.830. The van der Waals surface area contributed by atoms with E-state index >= 15 is 0 Å². The number of carbonyl (C=O) groups excluding carboxylic acids is 1. The average Bonchev–Trinajstić information content (AvgIpc) is 2.53. The van der Waals surface area contributed by atoms with Crippen molar-refractivity contribution in [1.82, 2.24) is 5.32 Å². The quantitative estimate of drug-likeness (QED) is 0.712. The average molecular weight is 411 g/mol. The summed E-state index contributed by atoms with van der Waals surface area (Å²) in [5.41, 5.74) is 0.818. The summed E-state index contributed by atoms with van der Waals surface area (Å²) in [6, 6.07) is 11.0. The van der Waals surface area contributed by atoms with Crippen LogP contribution in [0.25, 0.3) is 0 Å². The highest BCUT2D eigenvalue weighted by atomic mass is 79.9. The van der Waals surface area contributed by atoms with Crippen LogP contribution in [0.15, 0.2) is 46.9 Å². The Hall–Kier alpha value is -1.99. The van der Waals surface area contributed by atoms with Crippen molar-refractivity contribution in [1.29, 1.82) is 0 Å². The van der Waals surface area contributed by atoms with Gasteiger partial charge in [0.25, 0.3) is 5.91 Å². The zero-order valence-electron chi connectivity index (χ0n) is 12.9. The first-order valence-corrected chi connectivity index (χ1v) is 8.50. The van der Waals surface area contributed by atoms with Crippen LogP contribution in [0.2, 0.25) is 0 Å². The summed E-state index contributed by atoms with van der Waals surface area (Å²) in [5, 5.41) is 5.41. The molecule has 0 spiro atoms. The van der Waals surface area contributed by atoms with Crippen LogP contribution in [0.4, 0.5) is 10.1 Å². The molecule has 2 aromatic carbocycles. The number of hydrogen-bond donors (Lipinski definition) is 2. The van der Waals surface area contributed by atoms with Crippen LogP contribution in [0.3, 0.4) is 0 Å². The molecule has 0 aliphatic carbocycles. The van der Waals surface area contributed by atoms with Crippen LogP contribution >= 0.6 is 28.1 Å². The van der Waals surface area contributed by atoms with Crippen LogP contribution in [-0.2, 0) is 0 Å². The fourth-order valence-electron chi connectivity index (χ4n) is 1.92. The van der Waals surface area contributed by atoms with E-state index in [0.29, 0.717) is 23.6 Å². The van der Waals surface area contributed by atoms with E-state index in [1.165, 1.54) is 12.1 Å². The first-order valence-electron chi connectivity index (χ1n) is 7.30. The summed E-state index contributed by atoms with van der Waals surface area (Å²) in [6.45, 7) is 2.49. The topological polar surface area (TPSA) is 50.4 Å². The minimum Gasteiger partial charge on any atom is -0.493 e. The molecular weight excluding hydrogens is 395 g/mol. The fraction of sp³-hybridized carbons (Fsp3) is 0.176. The van der Waals surface area contributed by atoms with Crippen molar-refractivity contribution in [2.24, 2.45) is 0 Å². The summed E-state index contributed by atoms with van der Waals surface area (Å²) in [7, 11) is 0. The number of thiocarbonyl (C=S) groups is 1. The number of hydrogen-bond acceptors (Lipinski definition) is 3. The van der Waals surface area contributed by atoms with E-state index in [1.807, 2.05) is 6.92 Å². The van der Waals surface area contributed by atoms with Gasteiger partial charge < -0.3 is 10.1 Å². The van der Waals surface area contributed by atoms with Gasteiger partial charge in [0.2, 0.25) is 0 Å². The second-order valence-electron chi connectivity index (χ2n) is 4.91. The number of anilines is 1. The zero-order valence-corrected chi connectivity index (χ0v) is 15.3. The van der Waals surface area contributed by atoms with Gasteiger partial charge in [-0.3, -0.25) is 10.1 Å². The lowest BCUT2D eigenvalue weighted by Gasteiger charge is -2.13. The van der Waals surface area contributed by atoms with Crippen molar-refractivity contribution in [2.75, 3.05) is 11.9 Å². The first kappa shape index (κ1) is 18.4. The monoisotopic (exact) mass is 410 g/mol. The molecule has 0 fully saturated rings. The number of ether oxygens (including phenoxy) is 1. The van der Waals surface area contributed by atoms with E-state index < -0.39 is 11.7 Å². The predicted molar refractivity (Wildman–Crippen MR) is 100 cm³/mol. The number of halogens is 2. The van der Waals surface area contributed by atoms with E-state index in [4.69, 9.17) is 17.0 Å². The summed E-state index contributed by atoms with van der Waals surface area (Å²) in [5.74, 6) is -0.321. The van der Waals surface area contributed by atoms with Gasteiger partial charge >= 0.3 is 0 Å². The second-order valence-corrected chi connectivity index (χ2v) is 6.23. The third kappa shape index (κ3) is 5.28. The van der Waals surface area contributed by atoms with Crippen molar-refractivity contribution in [3.05, 3.63) is 58.3 Å². The van der Waals surface area contributed by atoms with Gasteiger partial charge in [0.05, 0.1) is 12.2 Å². The molecule has 7 heteroatoms. The molecule has 0 unspecified atom stereocenters. The zero-order chi connectivity index (χ0) is 17.5. The molecule has 0 heterocycles. The van der Waals surface area contributed by atoms with E-state index in [1.54, 1.807) is 30.3 Å². The molecule has 2 rings (SSSR count). The highest BCUT2D eigenvalue weighted by Crippen LogP contribution is 2.23. The number of amides is 1. The third-order valence-corrected chi connectivity index (χ3v) is 3.65. The number of rotatable bonds is 5. The molecule has 0 saturated carbocycles. The Bertz CT molecular complexity index is 755. The maximum absolute atomic E-state index is 13.2. The Labute approximate surface area is 153 Å². The third-order valence-electron chi connectivity index (χ3n) is 2.96. The second kappa shape index (κ2) is 8.75. The molecule has 0 radical (unpaired) electrons. The highest BCUT2D eigenvalue weighted by molar-refractivity contribution is 9.10. The van der Waals surface area contributed by atoms with Crippen molar-refractivity contribution >= 4 is 44.9 Å². The minimum atomic E-state index is -0.406. The molecule has 0 atom stereocenters. The smallest absolute Gasteiger partial charge is 0.261 e. The van der Waals surface area contributed by atoms with E-state index in [2.05, 4.69) is 26.6 Å². The maximum atomic E-state index is 13.2. The fourth-order valence-corrected chi connectivity index (χ4v) is 2.49. The molecular formula is C17H16BrFN2O2S. The Kier molecular flexibility index (Phi) is 6.69. The molecule has 0 aliphatic rings. The Morgan fingerprint density at radius 2 is 2.08 bits per heavy atom. The van der Waals surface area contributed by atoms with Gasteiger partial charge in [0, 0.05) is 10.2 Å². The lowest BCUT2D eigenvalue weighted by molar-refractivity contribution is 0.0973. The van der Waals surface area contributed by atoms with Crippen molar-refractivity contribution in [3.63, 3.8) is 0 Å². The van der Waals surface area contributed by atoms with Crippen LogP contribution < -0.4 is 15.4 Å². The molecule has 126 valence electrons. The Morgan fingerprint density at radius 3 is 2.79 bits per heavy atom. The van der Waals surface area contributed by atoms with E-state index in [-0.39, 0.29) is 5.11 Å². The van der Waals surface area contributed by atoms with Gasteiger partial charge in [-0.05, 0) is 55.0 Å². The van der Waals surface area contributed by atoms with Crippen molar-refractivity contribution in [2.45, 2.75) is 13.3 Å². The number of carbonyl (C=O) groups is 1. The summed E-state index contributed by atoms with van der Waals surface area (Å²) < 4.78 is 19.5. The number of benzene rings is 2. The largest absolute Gasteiger partial charge is 0.493 e. The molecule has 0 aliphatic heterocycles. The standard InChI is InChI=1S/C17H16BrFN2O2S/c1-2-8-23-15-7-6-11(18)9-14(15)16(22)21-17(24)20-13-5-3-4-12(19)10-13/h3-7,9-10H,2,8H2,1H3,(H2,20,21,22,24). The molecule has 2 N–H and O–H groups in total. The van der Waals surface area contributed by atoms with Gasteiger partial charge in [-0.1, -0.05) is 28.9 Å². The normalized spacial score (nSPS) is 10.1. The lowest BCUT2D eigenvalue weighted by Crippen LogP contribution is -2.34. The molecule has 0 bridgehead atoms. The van der Waals surface area contributed by atoms with Gasteiger partial charge in [0.1, 0.15) is 11.6 Å². The van der Waals surface area contributed by atoms with Crippen molar-refractivity contribution in [3.8, 4) is 5.75 Å². The van der Waals surface area contributed by atoms with Crippen LogP contribution in [-0.4, -0.2) is 17.6 Å². The van der Waals surface area contributed by atoms with E-state index in [9.17, 15) is 9.18 Å². The van der Waals surface area contributed by atoms with Gasteiger partial charge in [-0.2, -0.15) is 0 Å². The Balaban J connectivity index is 2.08. The molecule has 4 nitrogen and oxygen atoms in total.